The second-order valence-corrected chi connectivity index (χ2v) is 9.34. The van der Waals surface area contributed by atoms with Crippen LogP contribution in [0.4, 0.5) is 0 Å². The van der Waals surface area contributed by atoms with Crippen molar-refractivity contribution in [2.24, 2.45) is 0 Å². The summed E-state index contributed by atoms with van der Waals surface area (Å²) in [6.45, 7) is 5.09. The van der Waals surface area contributed by atoms with Gasteiger partial charge in [-0.1, -0.05) is 15.9 Å². The molecule has 9 heteroatoms. The van der Waals surface area contributed by atoms with Gasteiger partial charge in [0.15, 0.2) is 12.1 Å². The van der Waals surface area contributed by atoms with Crippen LogP contribution in [0, 0.1) is 0 Å². The molecule has 4 rings (SSSR count). The van der Waals surface area contributed by atoms with Gasteiger partial charge in [-0.15, -0.1) is 0 Å². The van der Waals surface area contributed by atoms with E-state index in [0.717, 1.165) is 38.5 Å². The standard InChI is InChI=1S/C21H35BrO8/c1-14-15-16(17(18(23-3)27-14)28-19(2,13-22)24-4)30-21(10-6-8-12-26-21)20(29-15)9-5-7-11-25-20/h14-18H,5-13H2,1-4H3/t14-,15-,16+,17+,18+,19?,20+,21+/m0/s1. The van der Waals surface area contributed by atoms with Gasteiger partial charge in [0.1, 0.15) is 18.3 Å². The molecule has 4 saturated heterocycles. The summed E-state index contributed by atoms with van der Waals surface area (Å²) in [5, 5.41) is 0.478. The molecule has 0 aromatic heterocycles. The third kappa shape index (κ3) is 3.99. The molecule has 1 unspecified atom stereocenters. The Bertz CT molecular complexity index is 573. The van der Waals surface area contributed by atoms with E-state index < -0.39 is 35.9 Å². The molecule has 8 atom stereocenters. The first-order valence-electron chi connectivity index (χ1n) is 11.0. The van der Waals surface area contributed by atoms with E-state index in [9.17, 15) is 0 Å². The number of halogens is 1. The first-order valence-corrected chi connectivity index (χ1v) is 12.1. The fourth-order valence-corrected chi connectivity index (χ4v) is 5.31. The number of alkyl halides is 1. The minimum absolute atomic E-state index is 0.263. The maximum absolute atomic E-state index is 6.83. The van der Waals surface area contributed by atoms with Gasteiger partial charge in [-0.2, -0.15) is 0 Å². The highest BCUT2D eigenvalue weighted by atomic mass is 79.9. The van der Waals surface area contributed by atoms with E-state index in [1.807, 2.05) is 13.8 Å². The van der Waals surface area contributed by atoms with E-state index in [2.05, 4.69) is 15.9 Å². The molecule has 8 nitrogen and oxygen atoms in total. The molecule has 0 saturated carbocycles. The largest absolute Gasteiger partial charge is 0.353 e. The zero-order valence-electron chi connectivity index (χ0n) is 18.4. The van der Waals surface area contributed by atoms with E-state index in [1.54, 1.807) is 14.2 Å². The van der Waals surface area contributed by atoms with Crippen LogP contribution in [0.3, 0.4) is 0 Å². The summed E-state index contributed by atoms with van der Waals surface area (Å²) in [7, 11) is 3.22. The maximum atomic E-state index is 6.83. The molecule has 4 fully saturated rings. The van der Waals surface area contributed by atoms with Crippen molar-refractivity contribution >= 4 is 15.9 Å². The molecule has 4 heterocycles. The molecule has 0 aromatic carbocycles. The highest BCUT2D eigenvalue weighted by Gasteiger charge is 2.67. The van der Waals surface area contributed by atoms with Crippen molar-refractivity contribution < 1.29 is 37.9 Å². The Kier molecular flexibility index (Phi) is 7.14. The normalized spacial score (nSPS) is 46.5. The highest BCUT2D eigenvalue weighted by Crippen LogP contribution is 2.52. The molecular formula is C21H35BrO8. The molecule has 0 N–H and O–H groups in total. The Balaban J connectivity index is 1.68. The van der Waals surface area contributed by atoms with Crippen LogP contribution < -0.4 is 0 Å². The number of rotatable bonds is 5. The van der Waals surface area contributed by atoms with Crippen LogP contribution in [0.15, 0.2) is 0 Å². The lowest BCUT2D eigenvalue weighted by molar-refractivity contribution is -0.508. The third-order valence-corrected chi connectivity index (χ3v) is 7.74. The number of ether oxygens (including phenoxy) is 8. The van der Waals surface area contributed by atoms with Gasteiger partial charge in [-0.25, -0.2) is 0 Å². The monoisotopic (exact) mass is 494 g/mol. The molecule has 30 heavy (non-hydrogen) atoms. The fraction of sp³-hybridized carbons (Fsp3) is 1.00. The topological polar surface area (TPSA) is 73.8 Å². The summed E-state index contributed by atoms with van der Waals surface area (Å²) >= 11 is 3.48. The predicted molar refractivity (Wildman–Crippen MR) is 110 cm³/mol. The van der Waals surface area contributed by atoms with E-state index in [4.69, 9.17) is 37.9 Å². The van der Waals surface area contributed by atoms with Gasteiger partial charge >= 0.3 is 0 Å². The van der Waals surface area contributed by atoms with Crippen LogP contribution in [0.5, 0.6) is 0 Å². The molecule has 174 valence electrons. The quantitative estimate of drug-likeness (QED) is 0.426. The number of methoxy groups -OCH3 is 2. The van der Waals surface area contributed by atoms with Gasteiger partial charge in [-0.3, -0.25) is 0 Å². The molecular weight excluding hydrogens is 460 g/mol. The van der Waals surface area contributed by atoms with Crippen molar-refractivity contribution in [3.63, 3.8) is 0 Å². The minimum Gasteiger partial charge on any atom is -0.353 e. The summed E-state index contributed by atoms with van der Waals surface area (Å²) in [5.74, 6) is -2.76. The molecule has 0 bridgehead atoms. The number of hydrogen-bond acceptors (Lipinski definition) is 8. The Hall–Kier alpha value is 0.160. The van der Waals surface area contributed by atoms with E-state index in [0.29, 0.717) is 18.5 Å². The SMILES string of the molecule is CO[C@@H]1O[C@@H](C)[C@@H]2O[C@]3(CCCCO3)[C@@]3(CCCCO3)O[C@H]2[C@H]1OC(C)(CBr)OC. The molecule has 0 amide bonds. The Morgan fingerprint density at radius 1 is 0.967 bits per heavy atom. The van der Waals surface area contributed by atoms with Crippen LogP contribution >= 0.6 is 15.9 Å². The first-order chi connectivity index (χ1) is 14.4. The summed E-state index contributed by atoms with van der Waals surface area (Å²) in [6, 6.07) is 0. The molecule has 4 aliphatic heterocycles. The zero-order chi connectivity index (χ0) is 21.4. The zero-order valence-corrected chi connectivity index (χ0v) is 20.0. The lowest BCUT2D eigenvalue weighted by atomic mass is 9.86. The van der Waals surface area contributed by atoms with Gasteiger partial charge in [0.25, 0.3) is 0 Å². The van der Waals surface area contributed by atoms with E-state index >= 15 is 0 Å². The smallest absolute Gasteiger partial charge is 0.224 e. The summed E-state index contributed by atoms with van der Waals surface area (Å²) in [6.07, 6.45) is 3.17. The van der Waals surface area contributed by atoms with Gasteiger partial charge in [-0.05, 0) is 39.5 Å². The molecule has 0 radical (unpaired) electrons. The van der Waals surface area contributed by atoms with Gasteiger partial charge in [0.2, 0.25) is 11.6 Å². The lowest BCUT2D eigenvalue weighted by Crippen LogP contribution is -2.75. The second kappa shape index (κ2) is 9.19. The van der Waals surface area contributed by atoms with Gasteiger partial charge < -0.3 is 37.9 Å². The third-order valence-electron chi connectivity index (χ3n) is 6.72. The minimum atomic E-state index is -0.957. The molecule has 0 aromatic rings. The summed E-state index contributed by atoms with van der Waals surface area (Å²) < 4.78 is 50.0. The second-order valence-electron chi connectivity index (χ2n) is 8.78. The first kappa shape index (κ1) is 23.3. The van der Waals surface area contributed by atoms with Crippen molar-refractivity contribution in [1.82, 2.24) is 0 Å². The van der Waals surface area contributed by atoms with Crippen LogP contribution in [-0.2, 0) is 37.9 Å². The predicted octanol–water partition coefficient (Wildman–Crippen LogP) is 3.10. The highest BCUT2D eigenvalue weighted by molar-refractivity contribution is 9.09. The van der Waals surface area contributed by atoms with Crippen LogP contribution in [0.2, 0.25) is 0 Å². The Morgan fingerprint density at radius 3 is 2.03 bits per heavy atom. The maximum Gasteiger partial charge on any atom is 0.224 e. The van der Waals surface area contributed by atoms with Crippen molar-refractivity contribution in [1.29, 1.82) is 0 Å². The van der Waals surface area contributed by atoms with Crippen LogP contribution in [-0.4, -0.2) is 80.8 Å². The van der Waals surface area contributed by atoms with E-state index in [1.165, 1.54) is 0 Å². The van der Waals surface area contributed by atoms with Crippen molar-refractivity contribution in [2.45, 2.75) is 100 Å². The molecule has 2 spiro atoms. The lowest BCUT2D eigenvalue weighted by Gasteiger charge is -2.61. The Labute approximate surface area is 187 Å². The van der Waals surface area contributed by atoms with Crippen molar-refractivity contribution in [3.8, 4) is 0 Å². The fourth-order valence-electron chi connectivity index (χ4n) is 4.95. The molecule has 4 aliphatic rings. The number of hydrogen-bond donors (Lipinski definition) is 0. The average Bonchev–Trinajstić information content (AvgIpc) is 2.78. The summed E-state index contributed by atoms with van der Waals surface area (Å²) in [4.78, 5) is 0. The van der Waals surface area contributed by atoms with Crippen LogP contribution in [0.25, 0.3) is 0 Å². The number of fused-ring (bicyclic) bond motifs is 2. The van der Waals surface area contributed by atoms with Crippen molar-refractivity contribution in [2.75, 3.05) is 32.8 Å². The van der Waals surface area contributed by atoms with Crippen LogP contribution in [0.1, 0.15) is 52.4 Å². The summed E-state index contributed by atoms with van der Waals surface area (Å²) in [5.41, 5.74) is 0. The average molecular weight is 495 g/mol. The van der Waals surface area contributed by atoms with Gasteiger partial charge in [0.05, 0.1) is 24.6 Å². The Morgan fingerprint density at radius 2 is 1.57 bits per heavy atom. The van der Waals surface area contributed by atoms with Crippen molar-refractivity contribution in [3.05, 3.63) is 0 Å². The molecule has 0 aliphatic carbocycles. The van der Waals surface area contributed by atoms with E-state index in [-0.39, 0.29) is 12.2 Å². The van der Waals surface area contributed by atoms with Gasteiger partial charge in [0, 0.05) is 27.1 Å².